The van der Waals surface area contributed by atoms with Crippen LogP contribution in [0.4, 0.5) is 10.5 Å². The lowest BCUT2D eigenvalue weighted by Crippen LogP contribution is -2.36. The monoisotopic (exact) mass is 417 g/mol. The highest BCUT2D eigenvalue weighted by molar-refractivity contribution is 8.18. The third-order valence-electron chi connectivity index (χ3n) is 3.74. The van der Waals surface area contributed by atoms with Gasteiger partial charge >= 0.3 is 0 Å². The number of benzene rings is 2. The third-order valence-corrected chi connectivity index (χ3v) is 5.58. The van der Waals surface area contributed by atoms with Gasteiger partial charge in [0.1, 0.15) is 6.54 Å². The van der Waals surface area contributed by atoms with E-state index in [-0.39, 0.29) is 9.80 Å². The summed E-state index contributed by atoms with van der Waals surface area (Å²) in [4.78, 5) is 37.7. The first kappa shape index (κ1) is 19.8. The summed E-state index contributed by atoms with van der Waals surface area (Å²) in [5, 5.41) is 6.98. The molecular formula is C18H15N3O5S2. The lowest BCUT2D eigenvalue weighted by molar-refractivity contribution is -0.127. The molecule has 1 aliphatic heterocycles. The Hall–Kier alpha value is -2.95. The topological polar surface area (TPSA) is 127 Å². The average Bonchev–Trinajstić information content (AvgIpc) is 2.90. The number of carbonyl (C=O) groups excluding carboxylic acids is 3. The standard InChI is InChI=1S/C18H15N3O5S2/c19-28(25,26)14-8-6-13(7-9-14)20-16(22)11-21-17(23)15(27-18(21)24)10-12-4-2-1-3-5-12/h1-10H,11H2,(H,20,22)(H2,19,25,26)/b15-10-. The van der Waals surface area contributed by atoms with Crippen LogP contribution >= 0.6 is 11.8 Å². The fraction of sp³-hybridized carbons (Fsp3) is 0.0556. The van der Waals surface area contributed by atoms with Gasteiger partial charge in [-0.15, -0.1) is 0 Å². The van der Waals surface area contributed by atoms with E-state index in [0.29, 0.717) is 5.69 Å². The van der Waals surface area contributed by atoms with Crippen molar-refractivity contribution >= 4 is 50.6 Å². The third kappa shape index (κ3) is 4.66. The van der Waals surface area contributed by atoms with Gasteiger partial charge in [-0.1, -0.05) is 30.3 Å². The molecule has 0 spiro atoms. The molecule has 10 heteroatoms. The van der Waals surface area contributed by atoms with Gasteiger partial charge in [-0.3, -0.25) is 19.3 Å². The molecule has 0 unspecified atom stereocenters. The van der Waals surface area contributed by atoms with Crippen LogP contribution in [0.3, 0.4) is 0 Å². The zero-order chi connectivity index (χ0) is 20.3. The van der Waals surface area contributed by atoms with E-state index in [9.17, 15) is 22.8 Å². The van der Waals surface area contributed by atoms with E-state index in [4.69, 9.17) is 5.14 Å². The Morgan fingerprint density at radius 1 is 1.07 bits per heavy atom. The van der Waals surface area contributed by atoms with Crippen LogP contribution in [0, 0.1) is 0 Å². The summed E-state index contributed by atoms with van der Waals surface area (Å²) < 4.78 is 22.5. The molecule has 0 saturated carbocycles. The van der Waals surface area contributed by atoms with Crippen LogP contribution < -0.4 is 10.5 Å². The first-order chi connectivity index (χ1) is 13.2. The summed E-state index contributed by atoms with van der Waals surface area (Å²) in [6, 6.07) is 14.3. The number of thioether (sulfide) groups is 1. The maximum atomic E-state index is 12.4. The van der Waals surface area contributed by atoms with Crippen molar-refractivity contribution in [3.63, 3.8) is 0 Å². The minimum Gasteiger partial charge on any atom is -0.325 e. The summed E-state index contributed by atoms with van der Waals surface area (Å²) in [7, 11) is -3.83. The molecule has 3 amide bonds. The zero-order valence-electron chi connectivity index (χ0n) is 14.4. The minimum absolute atomic E-state index is 0.0949. The summed E-state index contributed by atoms with van der Waals surface area (Å²) in [5.74, 6) is -1.13. The first-order valence-electron chi connectivity index (χ1n) is 7.97. The molecule has 2 aromatic carbocycles. The van der Waals surface area contributed by atoms with Crippen LogP contribution in [0.5, 0.6) is 0 Å². The molecule has 3 N–H and O–H groups in total. The lowest BCUT2D eigenvalue weighted by Gasteiger charge is -2.12. The summed E-state index contributed by atoms with van der Waals surface area (Å²) in [5.41, 5.74) is 1.08. The molecule has 1 fully saturated rings. The van der Waals surface area contributed by atoms with Crippen molar-refractivity contribution in [2.24, 2.45) is 5.14 Å². The molecule has 8 nitrogen and oxygen atoms in total. The number of imide groups is 1. The van der Waals surface area contributed by atoms with Crippen LogP contribution in [0.1, 0.15) is 5.56 Å². The summed E-state index contributed by atoms with van der Waals surface area (Å²) in [6.45, 7) is -0.451. The van der Waals surface area contributed by atoms with Gasteiger partial charge in [0.05, 0.1) is 9.80 Å². The highest BCUT2D eigenvalue weighted by Gasteiger charge is 2.36. The minimum atomic E-state index is -3.83. The van der Waals surface area contributed by atoms with Crippen molar-refractivity contribution in [2.75, 3.05) is 11.9 Å². The Bertz CT molecular complexity index is 1060. The van der Waals surface area contributed by atoms with Crippen LogP contribution in [-0.2, 0) is 19.6 Å². The molecule has 3 rings (SSSR count). The second kappa shape index (κ2) is 7.97. The second-order valence-electron chi connectivity index (χ2n) is 5.80. The SMILES string of the molecule is NS(=O)(=O)c1ccc(NC(=O)CN2C(=O)S/C(=C\c3ccccc3)C2=O)cc1. The van der Waals surface area contributed by atoms with Crippen LogP contribution in [0.15, 0.2) is 64.4 Å². The van der Waals surface area contributed by atoms with Gasteiger partial charge < -0.3 is 5.32 Å². The van der Waals surface area contributed by atoms with E-state index in [1.54, 1.807) is 18.2 Å². The zero-order valence-corrected chi connectivity index (χ0v) is 16.0. The van der Waals surface area contributed by atoms with Gasteiger partial charge in [0.2, 0.25) is 15.9 Å². The fourth-order valence-electron chi connectivity index (χ4n) is 2.41. The molecule has 1 aliphatic rings. The Morgan fingerprint density at radius 2 is 1.71 bits per heavy atom. The number of rotatable bonds is 5. The van der Waals surface area contributed by atoms with Gasteiger partial charge in [-0.2, -0.15) is 0 Å². The number of nitrogens with zero attached hydrogens (tertiary/aromatic N) is 1. The number of primary sulfonamides is 1. The predicted octanol–water partition coefficient (Wildman–Crippen LogP) is 2.01. The normalized spacial score (nSPS) is 15.9. The Morgan fingerprint density at radius 3 is 2.32 bits per heavy atom. The Balaban J connectivity index is 1.66. The van der Waals surface area contributed by atoms with Gasteiger partial charge in [0.15, 0.2) is 0 Å². The molecule has 0 bridgehead atoms. The number of anilines is 1. The molecule has 1 saturated heterocycles. The van der Waals surface area contributed by atoms with Crippen molar-refractivity contribution in [3.05, 3.63) is 65.1 Å². The first-order valence-corrected chi connectivity index (χ1v) is 10.3. The molecule has 0 radical (unpaired) electrons. The number of sulfonamides is 1. The van der Waals surface area contributed by atoms with Gasteiger partial charge in [-0.05, 0) is 47.7 Å². The van der Waals surface area contributed by atoms with Crippen molar-refractivity contribution in [2.45, 2.75) is 4.90 Å². The predicted molar refractivity (Wildman–Crippen MR) is 106 cm³/mol. The number of hydrogen-bond donors (Lipinski definition) is 2. The molecule has 28 heavy (non-hydrogen) atoms. The molecule has 0 aliphatic carbocycles. The van der Waals surface area contributed by atoms with E-state index in [2.05, 4.69) is 5.32 Å². The quantitative estimate of drug-likeness (QED) is 0.717. The maximum absolute atomic E-state index is 12.4. The van der Waals surface area contributed by atoms with E-state index >= 15 is 0 Å². The number of hydrogen-bond acceptors (Lipinski definition) is 6. The Labute approximate surface area is 165 Å². The van der Waals surface area contributed by atoms with Crippen molar-refractivity contribution in [1.29, 1.82) is 0 Å². The van der Waals surface area contributed by atoms with Crippen molar-refractivity contribution < 1.29 is 22.8 Å². The number of amides is 3. The smallest absolute Gasteiger partial charge is 0.294 e. The molecule has 0 atom stereocenters. The van der Waals surface area contributed by atoms with E-state index < -0.39 is 33.6 Å². The summed E-state index contributed by atoms with van der Waals surface area (Å²) in [6.07, 6.45) is 1.59. The summed E-state index contributed by atoms with van der Waals surface area (Å²) >= 11 is 0.768. The van der Waals surface area contributed by atoms with Crippen LogP contribution in [0.25, 0.3) is 6.08 Å². The van der Waals surface area contributed by atoms with Gasteiger partial charge in [0, 0.05) is 5.69 Å². The van der Waals surface area contributed by atoms with Crippen molar-refractivity contribution in [3.8, 4) is 0 Å². The largest absolute Gasteiger partial charge is 0.325 e. The molecule has 144 valence electrons. The molecule has 2 aromatic rings. The Kier molecular flexibility index (Phi) is 5.63. The maximum Gasteiger partial charge on any atom is 0.294 e. The second-order valence-corrected chi connectivity index (χ2v) is 8.35. The van der Waals surface area contributed by atoms with Crippen LogP contribution in [-0.4, -0.2) is 36.9 Å². The molecule has 0 aromatic heterocycles. The number of nitrogens with two attached hydrogens (primary N) is 1. The van der Waals surface area contributed by atoms with Gasteiger partial charge in [-0.25, -0.2) is 13.6 Å². The molecule has 1 heterocycles. The highest BCUT2D eigenvalue weighted by atomic mass is 32.2. The average molecular weight is 417 g/mol. The lowest BCUT2D eigenvalue weighted by atomic mass is 10.2. The fourth-order valence-corrected chi connectivity index (χ4v) is 3.76. The molecular weight excluding hydrogens is 402 g/mol. The van der Waals surface area contributed by atoms with E-state index in [1.807, 2.05) is 18.2 Å². The number of nitrogens with one attached hydrogen (secondary N) is 1. The van der Waals surface area contributed by atoms with Crippen LogP contribution in [0.2, 0.25) is 0 Å². The van der Waals surface area contributed by atoms with E-state index in [0.717, 1.165) is 22.2 Å². The van der Waals surface area contributed by atoms with E-state index in [1.165, 1.54) is 24.3 Å². The van der Waals surface area contributed by atoms with Crippen molar-refractivity contribution in [1.82, 2.24) is 4.90 Å². The van der Waals surface area contributed by atoms with Gasteiger partial charge in [0.25, 0.3) is 11.1 Å². The highest BCUT2D eigenvalue weighted by Crippen LogP contribution is 2.32. The number of carbonyl (C=O) groups is 3.